The summed E-state index contributed by atoms with van der Waals surface area (Å²) in [6, 6.07) is 5.98. The van der Waals surface area contributed by atoms with Gasteiger partial charge in [0.15, 0.2) is 0 Å². The Bertz CT molecular complexity index is 710. The number of carbonyl (C=O) groups is 1. The van der Waals surface area contributed by atoms with Gasteiger partial charge in [0.05, 0.1) is 5.56 Å². The number of hydrogen-bond acceptors (Lipinski definition) is 4. The van der Waals surface area contributed by atoms with Crippen LogP contribution in [0.4, 0.5) is 10.1 Å². The monoisotopic (exact) mass is 301 g/mol. The molecular weight excluding hydrogens is 293 g/mol. The largest absolute Gasteiger partial charge is 0.478 e. The highest BCUT2D eigenvalue weighted by Gasteiger charge is 2.17. The van der Waals surface area contributed by atoms with E-state index in [9.17, 15) is 17.6 Å². The molecule has 0 radical (unpaired) electrons. The average Bonchev–Trinajstić information content (AvgIpc) is 2.85. The second-order valence-electron chi connectivity index (χ2n) is 3.54. The van der Waals surface area contributed by atoms with Gasteiger partial charge in [-0.25, -0.2) is 17.6 Å². The minimum atomic E-state index is -3.77. The van der Waals surface area contributed by atoms with Crippen molar-refractivity contribution in [3.05, 3.63) is 47.1 Å². The average molecular weight is 301 g/mol. The molecule has 5 nitrogen and oxygen atoms in total. The summed E-state index contributed by atoms with van der Waals surface area (Å²) in [6.07, 6.45) is 0. The van der Waals surface area contributed by atoms with E-state index in [1.807, 2.05) is 0 Å². The molecule has 0 bridgehead atoms. The summed E-state index contributed by atoms with van der Waals surface area (Å²) in [4.78, 5) is 10.8. The van der Waals surface area contributed by atoms with Gasteiger partial charge >= 0.3 is 5.97 Å². The Morgan fingerprint density at radius 2 is 2.05 bits per heavy atom. The number of anilines is 1. The highest BCUT2D eigenvalue weighted by atomic mass is 32.2. The van der Waals surface area contributed by atoms with Crippen LogP contribution in [0.3, 0.4) is 0 Å². The topological polar surface area (TPSA) is 83.5 Å². The van der Waals surface area contributed by atoms with E-state index in [1.54, 1.807) is 11.4 Å². The van der Waals surface area contributed by atoms with Crippen LogP contribution in [0, 0.1) is 5.82 Å². The number of aromatic carboxylic acids is 1. The van der Waals surface area contributed by atoms with Crippen LogP contribution in [0.1, 0.15) is 10.4 Å². The van der Waals surface area contributed by atoms with Crippen LogP contribution in [-0.2, 0) is 10.0 Å². The maximum Gasteiger partial charge on any atom is 0.338 e. The van der Waals surface area contributed by atoms with Gasteiger partial charge in [0.25, 0.3) is 10.0 Å². The van der Waals surface area contributed by atoms with Crippen LogP contribution < -0.4 is 4.72 Å². The molecule has 100 valence electrons. The van der Waals surface area contributed by atoms with Crippen LogP contribution in [-0.4, -0.2) is 19.5 Å². The first-order valence-electron chi connectivity index (χ1n) is 4.99. The summed E-state index contributed by atoms with van der Waals surface area (Å²) < 4.78 is 39.2. The molecule has 0 atom stereocenters. The lowest BCUT2D eigenvalue weighted by Gasteiger charge is -2.07. The highest BCUT2D eigenvalue weighted by Crippen LogP contribution is 2.21. The third kappa shape index (κ3) is 2.91. The molecule has 0 fully saturated rings. The third-order valence-corrected chi connectivity index (χ3v) is 4.99. The maximum atomic E-state index is 13.2. The molecule has 0 saturated carbocycles. The molecule has 19 heavy (non-hydrogen) atoms. The number of carboxylic acid groups (broad SMARTS) is 1. The summed E-state index contributed by atoms with van der Waals surface area (Å²) in [5, 5.41) is 10.4. The fourth-order valence-electron chi connectivity index (χ4n) is 1.37. The number of hydrogen-bond donors (Lipinski definition) is 2. The molecule has 0 aliphatic heterocycles. The molecule has 0 spiro atoms. The van der Waals surface area contributed by atoms with E-state index in [4.69, 9.17) is 5.11 Å². The molecule has 0 unspecified atom stereocenters. The van der Waals surface area contributed by atoms with Gasteiger partial charge in [0.1, 0.15) is 10.0 Å². The third-order valence-electron chi connectivity index (χ3n) is 2.21. The van der Waals surface area contributed by atoms with Gasteiger partial charge in [0.2, 0.25) is 0 Å². The van der Waals surface area contributed by atoms with Crippen LogP contribution in [0.2, 0.25) is 0 Å². The van der Waals surface area contributed by atoms with Crippen LogP contribution in [0.15, 0.2) is 39.9 Å². The fraction of sp³-hybridized carbons (Fsp3) is 0. The van der Waals surface area contributed by atoms with Crippen LogP contribution in [0.5, 0.6) is 0 Å². The quantitative estimate of drug-likeness (QED) is 0.908. The number of benzene rings is 1. The second-order valence-corrected chi connectivity index (χ2v) is 6.39. The SMILES string of the molecule is O=C(O)c1cc(NS(=O)(=O)c2cccs2)ccc1F. The molecule has 0 saturated heterocycles. The predicted molar refractivity (Wildman–Crippen MR) is 68.5 cm³/mol. The minimum Gasteiger partial charge on any atom is -0.478 e. The number of carboxylic acids is 1. The molecule has 8 heteroatoms. The first kappa shape index (κ1) is 13.5. The van der Waals surface area contributed by atoms with Gasteiger partial charge in [0, 0.05) is 5.69 Å². The first-order chi connectivity index (χ1) is 8.90. The molecule has 1 aromatic carbocycles. The van der Waals surface area contributed by atoms with Gasteiger partial charge in [-0.2, -0.15) is 0 Å². The number of thiophene rings is 1. The lowest BCUT2D eigenvalue weighted by atomic mass is 10.2. The Kier molecular flexibility index (Phi) is 3.54. The number of halogens is 1. The van der Waals surface area contributed by atoms with E-state index >= 15 is 0 Å². The second kappa shape index (κ2) is 4.98. The standard InChI is InChI=1S/C11H8FNO4S2/c12-9-4-3-7(6-8(9)11(14)15)13-19(16,17)10-2-1-5-18-10/h1-6,13H,(H,14,15). The van der Waals surface area contributed by atoms with Crippen molar-refractivity contribution in [2.75, 3.05) is 4.72 Å². The van der Waals surface area contributed by atoms with Crippen molar-refractivity contribution in [1.82, 2.24) is 0 Å². The number of nitrogens with one attached hydrogen (secondary N) is 1. The normalized spacial score (nSPS) is 11.2. The molecule has 0 amide bonds. The first-order valence-corrected chi connectivity index (χ1v) is 7.35. The number of rotatable bonds is 4. The zero-order valence-electron chi connectivity index (χ0n) is 9.33. The Morgan fingerprint density at radius 1 is 1.32 bits per heavy atom. The zero-order chi connectivity index (χ0) is 14.0. The fourth-order valence-corrected chi connectivity index (χ4v) is 3.42. The van der Waals surface area contributed by atoms with Crippen LogP contribution in [0.25, 0.3) is 0 Å². The predicted octanol–water partition coefficient (Wildman–Crippen LogP) is 2.39. The molecule has 1 aromatic heterocycles. The lowest BCUT2D eigenvalue weighted by molar-refractivity contribution is 0.0692. The molecule has 2 aromatic rings. The van der Waals surface area contributed by atoms with Crippen molar-refractivity contribution < 1.29 is 22.7 Å². The van der Waals surface area contributed by atoms with Crippen molar-refractivity contribution >= 4 is 33.0 Å². The Balaban J connectivity index is 2.35. The Hall–Kier alpha value is -1.93. The summed E-state index contributed by atoms with van der Waals surface area (Å²) in [6.45, 7) is 0. The van der Waals surface area contributed by atoms with Crippen molar-refractivity contribution in [2.45, 2.75) is 4.21 Å². The van der Waals surface area contributed by atoms with Gasteiger partial charge in [-0.05, 0) is 29.6 Å². The minimum absolute atomic E-state index is 0.00722. The Morgan fingerprint density at radius 3 is 2.63 bits per heavy atom. The molecule has 2 rings (SSSR count). The van der Waals surface area contributed by atoms with Crippen molar-refractivity contribution in [2.24, 2.45) is 0 Å². The van der Waals surface area contributed by atoms with E-state index in [-0.39, 0.29) is 9.90 Å². The highest BCUT2D eigenvalue weighted by molar-refractivity contribution is 7.94. The van der Waals surface area contributed by atoms with Gasteiger partial charge in [-0.1, -0.05) is 6.07 Å². The van der Waals surface area contributed by atoms with Crippen molar-refractivity contribution in [3.63, 3.8) is 0 Å². The summed E-state index contributed by atoms with van der Waals surface area (Å²) in [5.41, 5.74) is -0.599. The Labute approximate surface area is 112 Å². The van der Waals surface area contributed by atoms with Crippen molar-refractivity contribution in [1.29, 1.82) is 0 Å². The van der Waals surface area contributed by atoms with E-state index < -0.39 is 27.4 Å². The van der Waals surface area contributed by atoms with Crippen molar-refractivity contribution in [3.8, 4) is 0 Å². The molecule has 2 N–H and O–H groups in total. The summed E-state index contributed by atoms with van der Waals surface area (Å²) in [7, 11) is -3.77. The van der Waals surface area contributed by atoms with Gasteiger partial charge in [-0.3, -0.25) is 4.72 Å². The lowest BCUT2D eigenvalue weighted by Crippen LogP contribution is -2.12. The van der Waals surface area contributed by atoms with E-state index in [1.165, 1.54) is 6.07 Å². The molecule has 0 aliphatic carbocycles. The maximum absolute atomic E-state index is 13.2. The van der Waals surface area contributed by atoms with E-state index in [0.29, 0.717) is 0 Å². The zero-order valence-corrected chi connectivity index (χ0v) is 11.0. The van der Waals surface area contributed by atoms with Gasteiger partial charge in [-0.15, -0.1) is 11.3 Å². The van der Waals surface area contributed by atoms with E-state index in [0.717, 1.165) is 29.5 Å². The van der Waals surface area contributed by atoms with E-state index in [2.05, 4.69) is 4.72 Å². The molecule has 0 aliphatic rings. The smallest absolute Gasteiger partial charge is 0.338 e. The van der Waals surface area contributed by atoms with Gasteiger partial charge < -0.3 is 5.11 Å². The molecule has 1 heterocycles. The molecular formula is C11H8FNO4S2. The number of sulfonamides is 1. The van der Waals surface area contributed by atoms with Crippen LogP contribution >= 0.6 is 11.3 Å². The summed E-state index contributed by atoms with van der Waals surface area (Å²) in [5.74, 6) is -2.39. The summed E-state index contributed by atoms with van der Waals surface area (Å²) >= 11 is 1.02.